The van der Waals surface area contributed by atoms with Gasteiger partial charge in [-0.3, -0.25) is 4.79 Å². The van der Waals surface area contributed by atoms with Crippen molar-refractivity contribution in [2.45, 2.75) is 19.3 Å². The molecule has 1 atom stereocenters. The second kappa shape index (κ2) is 5.55. The molecular formula is C15H17Cl2NO2. The van der Waals surface area contributed by atoms with E-state index in [2.05, 4.69) is 0 Å². The molecule has 2 fully saturated rings. The van der Waals surface area contributed by atoms with Gasteiger partial charge in [0, 0.05) is 35.2 Å². The number of carbonyl (C=O) groups excluding carboxylic acids is 1. The van der Waals surface area contributed by atoms with Gasteiger partial charge in [0.25, 0.3) is 0 Å². The molecule has 20 heavy (non-hydrogen) atoms. The summed E-state index contributed by atoms with van der Waals surface area (Å²) in [5.41, 5.74) is 0.921. The van der Waals surface area contributed by atoms with Crippen LogP contribution in [-0.2, 0) is 16.0 Å². The maximum atomic E-state index is 12.4. The molecule has 0 N–H and O–H groups in total. The highest BCUT2D eigenvalue weighted by molar-refractivity contribution is 6.36. The molecule has 108 valence electrons. The average molecular weight is 314 g/mol. The summed E-state index contributed by atoms with van der Waals surface area (Å²) in [6, 6.07) is 5.33. The number of amides is 1. The van der Waals surface area contributed by atoms with Gasteiger partial charge in [-0.15, -0.1) is 0 Å². The van der Waals surface area contributed by atoms with Crippen LogP contribution in [0.25, 0.3) is 0 Å². The molecule has 2 aliphatic rings. The van der Waals surface area contributed by atoms with E-state index in [0.717, 1.165) is 44.7 Å². The minimum absolute atomic E-state index is 0.101. The SMILES string of the molecule is O=C(Cc1c(Cl)cccc1Cl)N1CC[C@@]2(CCOC2)C1. The molecule has 3 rings (SSSR count). The first-order valence-electron chi connectivity index (χ1n) is 6.88. The van der Waals surface area contributed by atoms with Crippen LogP contribution < -0.4 is 0 Å². The Kier molecular flexibility index (Phi) is 3.93. The number of benzene rings is 1. The lowest BCUT2D eigenvalue weighted by molar-refractivity contribution is -0.129. The van der Waals surface area contributed by atoms with Crippen LogP contribution >= 0.6 is 23.2 Å². The maximum absolute atomic E-state index is 12.4. The summed E-state index contributed by atoms with van der Waals surface area (Å²) in [6.45, 7) is 3.21. The molecule has 0 radical (unpaired) electrons. The van der Waals surface area contributed by atoms with Crippen molar-refractivity contribution in [1.29, 1.82) is 0 Å². The summed E-state index contributed by atoms with van der Waals surface area (Å²) in [5.74, 6) is 0.101. The highest BCUT2D eigenvalue weighted by Crippen LogP contribution is 2.38. The number of halogens is 2. The molecule has 2 saturated heterocycles. The third kappa shape index (κ3) is 2.67. The molecule has 1 aromatic carbocycles. The molecule has 3 nitrogen and oxygen atoms in total. The zero-order chi connectivity index (χ0) is 14.2. The van der Waals surface area contributed by atoms with Crippen LogP contribution in [0.4, 0.5) is 0 Å². The summed E-state index contributed by atoms with van der Waals surface area (Å²) in [5, 5.41) is 1.12. The van der Waals surface area contributed by atoms with Gasteiger partial charge in [-0.1, -0.05) is 29.3 Å². The van der Waals surface area contributed by atoms with Gasteiger partial charge in [0.05, 0.1) is 13.0 Å². The fourth-order valence-corrected chi connectivity index (χ4v) is 3.61. The van der Waals surface area contributed by atoms with Gasteiger partial charge in [-0.2, -0.15) is 0 Å². The standard InChI is InChI=1S/C15H17Cl2NO2/c16-12-2-1-3-13(17)11(12)8-14(19)18-6-4-15(9-18)5-7-20-10-15/h1-3H,4-10H2/t15-/m1/s1. The molecule has 0 unspecified atom stereocenters. The first-order chi connectivity index (χ1) is 9.60. The van der Waals surface area contributed by atoms with Gasteiger partial charge < -0.3 is 9.64 Å². The summed E-state index contributed by atoms with van der Waals surface area (Å²) < 4.78 is 5.49. The number of ether oxygens (including phenoxy) is 1. The molecule has 1 amide bonds. The molecule has 2 heterocycles. The largest absolute Gasteiger partial charge is 0.381 e. The fraction of sp³-hybridized carbons (Fsp3) is 0.533. The summed E-state index contributed by atoms with van der Waals surface area (Å²) in [4.78, 5) is 14.4. The Hall–Kier alpha value is -0.770. The molecule has 1 spiro atoms. The van der Waals surface area contributed by atoms with E-state index in [0.29, 0.717) is 10.0 Å². The lowest BCUT2D eigenvalue weighted by Crippen LogP contribution is -2.33. The van der Waals surface area contributed by atoms with Crippen molar-refractivity contribution in [3.8, 4) is 0 Å². The molecule has 0 bridgehead atoms. The normalized spacial score (nSPS) is 25.6. The van der Waals surface area contributed by atoms with Gasteiger partial charge in [-0.05, 0) is 30.5 Å². The van der Waals surface area contributed by atoms with Gasteiger partial charge in [0.1, 0.15) is 0 Å². The van der Waals surface area contributed by atoms with E-state index in [4.69, 9.17) is 27.9 Å². The predicted molar refractivity (Wildman–Crippen MR) is 79.2 cm³/mol. The van der Waals surface area contributed by atoms with E-state index in [9.17, 15) is 4.79 Å². The maximum Gasteiger partial charge on any atom is 0.227 e. The Morgan fingerprint density at radius 3 is 2.70 bits per heavy atom. The van der Waals surface area contributed by atoms with Gasteiger partial charge in [0.15, 0.2) is 0 Å². The first kappa shape index (κ1) is 14.2. The summed E-state index contributed by atoms with van der Waals surface area (Å²) >= 11 is 12.3. The minimum Gasteiger partial charge on any atom is -0.381 e. The van der Waals surface area contributed by atoms with Crippen LogP contribution in [0.1, 0.15) is 18.4 Å². The van der Waals surface area contributed by atoms with Crippen LogP contribution in [-0.4, -0.2) is 37.1 Å². The Labute approximate surface area is 128 Å². The number of hydrogen-bond donors (Lipinski definition) is 0. The van der Waals surface area contributed by atoms with E-state index in [1.54, 1.807) is 18.2 Å². The first-order valence-corrected chi connectivity index (χ1v) is 7.64. The van der Waals surface area contributed by atoms with Crippen molar-refractivity contribution in [3.63, 3.8) is 0 Å². The van der Waals surface area contributed by atoms with Gasteiger partial charge >= 0.3 is 0 Å². The van der Waals surface area contributed by atoms with Crippen molar-refractivity contribution in [2.75, 3.05) is 26.3 Å². The molecule has 0 aliphatic carbocycles. The Bertz CT molecular complexity index is 506. The van der Waals surface area contributed by atoms with E-state index < -0.39 is 0 Å². The lowest BCUT2D eigenvalue weighted by atomic mass is 9.87. The lowest BCUT2D eigenvalue weighted by Gasteiger charge is -2.22. The number of carbonyl (C=O) groups is 1. The monoisotopic (exact) mass is 313 g/mol. The average Bonchev–Trinajstić information content (AvgIpc) is 3.05. The number of likely N-dealkylation sites (tertiary alicyclic amines) is 1. The second-order valence-electron chi connectivity index (χ2n) is 5.74. The number of nitrogens with zero attached hydrogens (tertiary/aromatic N) is 1. The summed E-state index contributed by atoms with van der Waals surface area (Å²) in [6.07, 6.45) is 2.37. The third-order valence-electron chi connectivity index (χ3n) is 4.37. The quantitative estimate of drug-likeness (QED) is 0.839. The molecule has 2 aliphatic heterocycles. The van der Waals surface area contributed by atoms with E-state index in [1.165, 1.54) is 0 Å². The highest BCUT2D eigenvalue weighted by atomic mass is 35.5. The highest BCUT2D eigenvalue weighted by Gasteiger charge is 2.42. The van der Waals surface area contributed by atoms with Gasteiger partial charge in [0.2, 0.25) is 5.91 Å². The van der Waals surface area contributed by atoms with E-state index in [1.807, 2.05) is 4.90 Å². The van der Waals surface area contributed by atoms with Crippen molar-refractivity contribution in [1.82, 2.24) is 4.90 Å². The Morgan fingerprint density at radius 2 is 2.05 bits per heavy atom. The Balaban J connectivity index is 1.68. The van der Waals surface area contributed by atoms with Crippen LogP contribution in [0.5, 0.6) is 0 Å². The third-order valence-corrected chi connectivity index (χ3v) is 5.07. The summed E-state index contributed by atoms with van der Waals surface area (Å²) in [7, 11) is 0. The molecular weight excluding hydrogens is 297 g/mol. The van der Waals surface area contributed by atoms with Crippen LogP contribution in [0.3, 0.4) is 0 Å². The Morgan fingerprint density at radius 1 is 1.30 bits per heavy atom. The van der Waals surface area contributed by atoms with Crippen LogP contribution in [0.15, 0.2) is 18.2 Å². The smallest absolute Gasteiger partial charge is 0.227 e. The van der Waals surface area contributed by atoms with Crippen LogP contribution in [0, 0.1) is 5.41 Å². The molecule has 1 aromatic rings. The van der Waals surface area contributed by atoms with Crippen molar-refractivity contribution < 1.29 is 9.53 Å². The molecule has 5 heteroatoms. The topological polar surface area (TPSA) is 29.5 Å². The number of hydrogen-bond acceptors (Lipinski definition) is 2. The fourth-order valence-electron chi connectivity index (χ4n) is 3.08. The second-order valence-corrected chi connectivity index (χ2v) is 6.56. The van der Waals surface area contributed by atoms with Crippen molar-refractivity contribution in [2.24, 2.45) is 5.41 Å². The van der Waals surface area contributed by atoms with Crippen molar-refractivity contribution >= 4 is 29.1 Å². The molecule has 0 saturated carbocycles. The zero-order valence-corrected chi connectivity index (χ0v) is 12.7. The van der Waals surface area contributed by atoms with E-state index in [-0.39, 0.29) is 17.7 Å². The van der Waals surface area contributed by atoms with Gasteiger partial charge in [-0.25, -0.2) is 0 Å². The van der Waals surface area contributed by atoms with Crippen LogP contribution in [0.2, 0.25) is 10.0 Å². The molecule has 0 aromatic heterocycles. The number of rotatable bonds is 2. The zero-order valence-electron chi connectivity index (χ0n) is 11.2. The van der Waals surface area contributed by atoms with Crippen molar-refractivity contribution in [3.05, 3.63) is 33.8 Å². The minimum atomic E-state index is 0.101. The van der Waals surface area contributed by atoms with E-state index >= 15 is 0 Å². The predicted octanol–water partition coefficient (Wildman–Crippen LogP) is 3.17.